The smallest absolute Gasteiger partial charge is 0.261 e. The van der Waals surface area contributed by atoms with Gasteiger partial charge in [-0.3, -0.25) is 9.59 Å². The lowest BCUT2D eigenvalue weighted by molar-refractivity contribution is -0.138. The van der Waals surface area contributed by atoms with Gasteiger partial charge in [-0.05, 0) is 24.3 Å². The van der Waals surface area contributed by atoms with E-state index in [-0.39, 0.29) is 24.5 Å². The van der Waals surface area contributed by atoms with Gasteiger partial charge in [-0.25, -0.2) is 0 Å². The Kier molecular flexibility index (Phi) is 4.01. The van der Waals surface area contributed by atoms with Gasteiger partial charge in [0.2, 0.25) is 5.91 Å². The summed E-state index contributed by atoms with van der Waals surface area (Å²) in [6, 6.07) is 15.9. The standard InChI is InChI=1S/C19H18N2O4/c22-18(12-24-13-6-2-1-3-7-13)21-11-14-10-16(21)19(23)20-15-8-4-5-9-17(15)25-14/h1-9,14,16H,10-12H2,(H,20,23)/t14-,16-/m0/s1. The molecule has 2 amide bonds. The highest BCUT2D eigenvalue weighted by Gasteiger charge is 2.42. The third kappa shape index (κ3) is 3.15. The SMILES string of the molecule is O=C1Nc2ccccc2O[C@H]2C[C@@H]1N(C(=O)COc1ccccc1)C2. The monoisotopic (exact) mass is 338 g/mol. The first kappa shape index (κ1) is 15.5. The normalized spacial score (nSPS) is 21.4. The Bertz CT molecular complexity index is 793. The molecule has 2 aliphatic rings. The zero-order valence-electron chi connectivity index (χ0n) is 13.6. The fourth-order valence-electron chi connectivity index (χ4n) is 3.22. The Morgan fingerprint density at radius 1 is 1.16 bits per heavy atom. The number of para-hydroxylation sites is 3. The maximum Gasteiger partial charge on any atom is 0.261 e. The van der Waals surface area contributed by atoms with Crippen molar-refractivity contribution in [1.29, 1.82) is 0 Å². The fraction of sp³-hybridized carbons (Fsp3) is 0.263. The summed E-state index contributed by atoms with van der Waals surface area (Å²) < 4.78 is 11.5. The molecule has 25 heavy (non-hydrogen) atoms. The fourth-order valence-corrected chi connectivity index (χ4v) is 3.22. The van der Waals surface area contributed by atoms with E-state index >= 15 is 0 Å². The molecule has 2 atom stereocenters. The van der Waals surface area contributed by atoms with Gasteiger partial charge in [-0.2, -0.15) is 0 Å². The Morgan fingerprint density at radius 2 is 1.92 bits per heavy atom. The predicted molar refractivity (Wildman–Crippen MR) is 91.5 cm³/mol. The molecule has 128 valence electrons. The van der Waals surface area contributed by atoms with Gasteiger partial charge in [-0.15, -0.1) is 0 Å². The minimum Gasteiger partial charge on any atom is -0.486 e. The van der Waals surface area contributed by atoms with Crippen LogP contribution in [0, 0.1) is 0 Å². The van der Waals surface area contributed by atoms with Crippen LogP contribution in [0.1, 0.15) is 6.42 Å². The molecule has 2 aromatic carbocycles. The lowest BCUT2D eigenvalue weighted by Gasteiger charge is -2.23. The zero-order chi connectivity index (χ0) is 17.2. The van der Waals surface area contributed by atoms with E-state index in [1.807, 2.05) is 36.4 Å². The summed E-state index contributed by atoms with van der Waals surface area (Å²) in [5, 5.41) is 2.85. The second kappa shape index (κ2) is 6.47. The van der Waals surface area contributed by atoms with Crippen molar-refractivity contribution in [2.45, 2.75) is 18.6 Å². The second-order valence-electron chi connectivity index (χ2n) is 6.12. The number of nitrogens with zero attached hydrogens (tertiary/aromatic N) is 1. The molecule has 0 aliphatic carbocycles. The topological polar surface area (TPSA) is 67.9 Å². The van der Waals surface area contributed by atoms with Crippen LogP contribution < -0.4 is 14.8 Å². The molecular formula is C19H18N2O4. The van der Waals surface area contributed by atoms with Crippen molar-refractivity contribution in [2.75, 3.05) is 18.5 Å². The van der Waals surface area contributed by atoms with Crippen molar-refractivity contribution in [2.24, 2.45) is 0 Å². The van der Waals surface area contributed by atoms with E-state index in [4.69, 9.17) is 9.47 Å². The van der Waals surface area contributed by atoms with Crippen LogP contribution >= 0.6 is 0 Å². The van der Waals surface area contributed by atoms with Gasteiger partial charge in [0, 0.05) is 6.42 Å². The number of hydrogen-bond acceptors (Lipinski definition) is 4. The van der Waals surface area contributed by atoms with Gasteiger partial charge < -0.3 is 19.7 Å². The molecule has 1 N–H and O–H groups in total. The number of amides is 2. The van der Waals surface area contributed by atoms with E-state index in [0.717, 1.165) is 0 Å². The number of rotatable bonds is 3. The molecule has 2 aromatic rings. The summed E-state index contributed by atoms with van der Waals surface area (Å²) in [6.07, 6.45) is 0.287. The summed E-state index contributed by atoms with van der Waals surface area (Å²) in [5.41, 5.74) is 0.636. The van der Waals surface area contributed by atoms with E-state index in [0.29, 0.717) is 30.2 Å². The number of ether oxygens (including phenoxy) is 2. The van der Waals surface area contributed by atoms with E-state index in [2.05, 4.69) is 5.32 Å². The summed E-state index contributed by atoms with van der Waals surface area (Å²) in [6.45, 7) is 0.275. The summed E-state index contributed by atoms with van der Waals surface area (Å²) in [4.78, 5) is 26.7. The summed E-state index contributed by atoms with van der Waals surface area (Å²) in [7, 11) is 0. The molecule has 1 saturated heterocycles. The van der Waals surface area contributed by atoms with E-state index in [1.54, 1.807) is 23.1 Å². The first-order valence-electron chi connectivity index (χ1n) is 8.24. The average molecular weight is 338 g/mol. The van der Waals surface area contributed by atoms with Crippen LogP contribution in [-0.4, -0.2) is 42.0 Å². The average Bonchev–Trinajstić information content (AvgIpc) is 3.07. The number of fused-ring (bicyclic) bond motifs is 3. The molecule has 0 saturated carbocycles. The highest BCUT2D eigenvalue weighted by Crippen LogP contribution is 2.32. The number of carbonyl (C=O) groups excluding carboxylic acids is 2. The number of benzene rings is 2. The number of nitrogens with one attached hydrogen (secondary N) is 1. The maximum absolute atomic E-state index is 12.6. The summed E-state index contributed by atoms with van der Waals surface area (Å²) in [5.74, 6) is 0.849. The Balaban J connectivity index is 1.48. The number of anilines is 1. The van der Waals surface area contributed by atoms with E-state index < -0.39 is 6.04 Å². The quantitative estimate of drug-likeness (QED) is 0.930. The summed E-state index contributed by atoms with van der Waals surface area (Å²) >= 11 is 0. The largest absolute Gasteiger partial charge is 0.486 e. The molecule has 2 bridgehead atoms. The van der Waals surface area contributed by atoms with Crippen molar-refractivity contribution >= 4 is 17.5 Å². The highest BCUT2D eigenvalue weighted by molar-refractivity contribution is 5.99. The molecule has 0 unspecified atom stereocenters. The van der Waals surface area contributed by atoms with E-state index in [1.165, 1.54) is 0 Å². The Hall–Kier alpha value is -3.02. The molecule has 0 spiro atoms. The van der Waals surface area contributed by atoms with Crippen LogP contribution in [0.4, 0.5) is 5.69 Å². The predicted octanol–water partition coefficient (Wildman–Crippen LogP) is 2.07. The van der Waals surface area contributed by atoms with Crippen LogP contribution in [0.2, 0.25) is 0 Å². The minimum absolute atomic E-state index is 0.104. The third-order valence-corrected chi connectivity index (χ3v) is 4.43. The van der Waals surface area contributed by atoms with Crippen LogP contribution in [0.25, 0.3) is 0 Å². The Labute approximate surface area is 145 Å². The lowest BCUT2D eigenvalue weighted by Crippen LogP contribution is -2.45. The van der Waals surface area contributed by atoms with Gasteiger partial charge >= 0.3 is 0 Å². The van der Waals surface area contributed by atoms with Gasteiger partial charge in [0.15, 0.2) is 6.61 Å². The van der Waals surface area contributed by atoms with Gasteiger partial charge in [0.05, 0.1) is 12.2 Å². The van der Waals surface area contributed by atoms with Crippen LogP contribution in [-0.2, 0) is 9.59 Å². The van der Waals surface area contributed by atoms with Gasteiger partial charge in [-0.1, -0.05) is 30.3 Å². The molecule has 6 nitrogen and oxygen atoms in total. The van der Waals surface area contributed by atoms with Crippen molar-refractivity contribution in [3.63, 3.8) is 0 Å². The molecule has 6 heteroatoms. The molecule has 2 aliphatic heterocycles. The molecule has 1 fully saturated rings. The zero-order valence-corrected chi connectivity index (χ0v) is 13.6. The van der Waals surface area contributed by atoms with Crippen molar-refractivity contribution < 1.29 is 19.1 Å². The van der Waals surface area contributed by atoms with Gasteiger partial charge in [0.25, 0.3) is 5.91 Å². The third-order valence-electron chi connectivity index (χ3n) is 4.43. The van der Waals surface area contributed by atoms with Crippen LogP contribution in [0.5, 0.6) is 11.5 Å². The first-order valence-corrected chi connectivity index (χ1v) is 8.24. The lowest BCUT2D eigenvalue weighted by atomic mass is 10.1. The van der Waals surface area contributed by atoms with Gasteiger partial charge in [0.1, 0.15) is 23.6 Å². The molecule has 0 radical (unpaired) electrons. The molecule has 2 heterocycles. The minimum atomic E-state index is -0.537. The first-order chi connectivity index (χ1) is 12.2. The molecule has 4 rings (SSSR count). The van der Waals surface area contributed by atoms with Crippen molar-refractivity contribution in [3.05, 3.63) is 54.6 Å². The maximum atomic E-state index is 12.6. The van der Waals surface area contributed by atoms with Crippen molar-refractivity contribution in [3.8, 4) is 11.5 Å². The van der Waals surface area contributed by atoms with E-state index in [9.17, 15) is 9.59 Å². The number of hydrogen-bond donors (Lipinski definition) is 1. The Morgan fingerprint density at radius 3 is 2.76 bits per heavy atom. The molecular weight excluding hydrogens is 320 g/mol. The highest BCUT2D eigenvalue weighted by atomic mass is 16.5. The van der Waals surface area contributed by atoms with Crippen molar-refractivity contribution in [1.82, 2.24) is 4.90 Å². The number of carbonyl (C=O) groups is 2. The number of likely N-dealkylation sites (tertiary alicyclic amines) is 1. The van der Waals surface area contributed by atoms with Crippen LogP contribution in [0.3, 0.4) is 0 Å². The van der Waals surface area contributed by atoms with Crippen LogP contribution in [0.15, 0.2) is 54.6 Å². The second-order valence-corrected chi connectivity index (χ2v) is 6.12. The molecule has 0 aromatic heterocycles.